The maximum Gasteiger partial charge on any atom is 0.156 e. The molecule has 2 rings (SSSR count). The van der Waals surface area contributed by atoms with Crippen LogP contribution >= 0.6 is 0 Å². The molecule has 106 valence electrons. The van der Waals surface area contributed by atoms with Gasteiger partial charge in [0.25, 0.3) is 0 Å². The van der Waals surface area contributed by atoms with Crippen molar-refractivity contribution in [3.63, 3.8) is 0 Å². The van der Waals surface area contributed by atoms with Crippen molar-refractivity contribution in [2.75, 3.05) is 6.54 Å². The van der Waals surface area contributed by atoms with Crippen LogP contribution in [-0.4, -0.2) is 31.5 Å². The molecule has 3 nitrogen and oxygen atoms in total. The summed E-state index contributed by atoms with van der Waals surface area (Å²) < 4.78 is 25.2. The van der Waals surface area contributed by atoms with Crippen LogP contribution in [0, 0.1) is 0 Å². The van der Waals surface area contributed by atoms with Crippen LogP contribution in [-0.2, 0) is 9.84 Å². The largest absolute Gasteiger partial charge is 0.314 e. The zero-order valence-electron chi connectivity index (χ0n) is 11.5. The van der Waals surface area contributed by atoms with Crippen LogP contribution < -0.4 is 5.32 Å². The Morgan fingerprint density at radius 2 is 1.72 bits per heavy atom. The fourth-order valence-electron chi connectivity index (χ4n) is 3.44. The van der Waals surface area contributed by atoms with E-state index in [9.17, 15) is 8.42 Å². The summed E-state index contributed by atoms with van der Waals surface area (Å²) >= 11 is 0. The van der Waals surface area contributed by atoms with Crippen LogP contribution in [0.25, 0.3) is 0 Å². The Labute approximate surface area is 112 Å². The predicted octanol–water partition coefficient (Wildman–Crippen LogP) is 2.65. The van der Waals surface area contributed by atoms with E-state index in [2.05, 4.69) is 12.2 Å². The van der Waals surface area contributed by atoms with E-state index in [4.69, 9.17) is 0 Å². The topological polar surface area (TPSA) is 46.2 Å². The zero-order chi connectivity index (χ0) is 13.0. The second-order valence-corrected chi connectivity index (χ2v) is 8.45. The molecule has 0 saturated heterocycles. The normalized spacial score (nSPS) is 30.7. The van der Waals surface area contributed by atoms with E-state index in [1.54, 1.807) is 0 Å². The van der Waals surface area contributed by atoms with E-state index in [0.29, 0.717) is 6.04 Å². The van der Waals surface area contributed by atoms with Gasteiger partial charge in [0.2, 0.25) is 0 Å². The van der Waals surface area contributed by atoms with Crippen LogP contribution in [0.5, 0.6) is 0 Å². The van der Waals surface area contributed by atoms with Crippen LogP contribution in [0.4, 0.5) is 0 Å². The third-order valence-electron chi connectivity index (χ3n) is 4.55. The highest BCUT2D eigenvalue weighted by molar-refractivity contribution is 7.92. The summed E-state index contributed by atoms with van der Waals surface area (Å²) in [5.74, 6) is 0. The summed E-state index contributed by atoms with van der Waals surface area (Å²) in [5, 5.41) is 3.38. The minimum absolute atomic E-state index is 0.0267. The average molecular weight is 273 g/mol. The molecule has 2 unspecified atom stereocenters. The van der Waals surface area contributed by atoms with Crippen molar-refractivity contribution in [3.8, 4) is 0 Å². The fourth-order valence-corrected chi connectivity index (χ4v) is 5.94. The summed E-state index contributed by atoms with van der Waals surface area (Å²) in [6.45, 7) is 3.17. The molecule has 0 aromatic heterocycles. The van der Waals surface area contributed by atoms with Gasteiger partial charge in [-0.1, -0.05) is 26.2 Å². The molecule has 0 bridgehead atoms. The van der Waals surface area contributed by atoms with Crippen LogP contribution in [0.1, 0.15) is 64.7 Å². The number of hydrogen-bond donors (Lipinski definition) is 1. The lowest BCUT2D eigenvalue weighted by Gasteiger charge is -2.25. The molecule has 0 spiro atoms. The number of sulfone groups is 1. The van der Waals surface area contributed by atoms with Crippen LogP contribution in [0.15, 0.2) is 0 Å². The minimum atomic E-state index is -2.86. The number of nitrogens with one attached hydrogen (secondary N) is 1. The average Bonchev–Trinajstić information content (AvgIpc) is 2.87. The van der Waals surface area contributed by atoms with E-state index >= 15 is 0 Å². The Balaban J connectivity index is 1.90. The van der Waals surface area contributed by atoms with E-state index in [-0.39, 0.29) is 10.5 Å². The molecule has 2 aliphatic carbocycles. The molecule has 1 N–H and O–H groups in total. The van der Waals surface area contributed by atoms with Gasteiger partial charge in [-0.05, 0) is 45.1 Å². The standard InChI is InChI=1S/C14H27NO2S/c1-2-10-15-12-8-9-14(11-12)18(16,17)13-6-4-3-5-7-13/h12-15H,2-11H2,1H3. The molecule has 2 aliphatic rings. The van der Waals surface area contributed by atoms with Crippen molar-refractivity contribution in [3.05, 3.63) is 0 Å². The fraction of sp³-hybridized carbons (Fsp3) is 1.00. The van der Waals surface area contributed by atoms with Gasteiger partial charge >= 0.3 is 0 Å². The Kier molecular flexibility index (Phi) is 5.07. The van der Waals surface area contributed by atoms with Crippen molar-refractivity contribution in [2.45, 2.75) is 81.3 Å². The lowest BCUT2D eigenvalue weighted by atomic mass is 10.0. The SMILES string of the molecule is CCCNC1CCC(S(=O)(=O)C2CCCCC2)C1. The summed E-state index contributed by atoms with van der Waals surface area (Å²) in [6.07, 6.45) is 9.13. The van der Waals surface area contributed by atoms with E-state index in [1.165, 1.54) is 6.42 Å². The van der Waals surface area contributed by atoms with Crippen molar-refractivity contribution < 1.29 is 8.42 Å². The molecule has 2 atom stereocenters. The van der Waals surface area contributed by atoms with Gasteiger partial charge in [0, 0.05) is 6.04 Å². The molecule has 18 heavy (non-hydrogen) atoms. The maximum atomic E-state index is 12.6. The second-order valence-electron chi connectivity index (χ2n) is 5.94. The Morgan fingerprint density at radius 3 is 2.39 bits per heavy atom. The Morgan fingerprint density at radius 1 is 1.00 bits per heavy atom. The molecule has 2 saturated carbocycles. The highest BCUT2D eigenvalue weighted by Gasteiger charge is 2.39. The van der Waals surface area contributed by atoms with Crippen molar-refractivity contribution in [2.24, 2.45) is 0 Å². The molecule has 0 heterocycles. The molecule has 0 radical (unpaired) electrons. The van der Waals surface area contributed by atoms with Gasteiger partial charge in [0.05, 0.1) is 10.5 Å². The predicted molar refractivity (Wildman–Crippen MR) is 75.5 cm³/mol. The van der Waals surface area contributed by atoms with E-state index in [1.807, 2.05) is 0 Å². The molecule has 0 aliphatic heterocycles. The van der Waals surface area contributed by atoms with E-state index in [0.717, 1.165) is 57.9 Å². The molecule has 0 amide bonds. The van der Waals surface area contributed by atoms with Crippen LogP contribution in [0.3, 0.4) is 0 Å². The lowest BCUT2D eigenvalue weighted by molar-refractivity contribution is 0.475. The Bertz CT molecular complexity index is 347. The molecule has 0 aromatic carbocycles. The van der Waals surface area contributed by atoms with Crippen molar-refractivity contribution in [1.82, 2.24) is 5.32 Å². The Hall–Kier alpha value is -0.0900. The first-order chi connectivity index (χ1) is 8.64. The van der Waals surface area contributed by atoms with Gasteiger partial charge in [-0.2, -0.15) is 0 Å². The molecule has 4 heteroatoms. The lowest BCUT2D eigenvalue weighted by Crippen LogP contribution is -2.34. The van der Waals surface area contributed by atoms with Gasteiger partial charge in [-0.25, -0.2) is 8.42 Å². The molecule has 0 aromatic rings. The van der Waals surface area contributed by atoms with Crippen LogP contribution in [0.2, 0.25) is 0 Å². The van der Waals surface area contributed by atoms with Gasteiger partial charge in [-0.3, -0.25) is 0 Å². The highest BCUT2D eigenvalue weighted by Crippen LogP contribution is 2.33. The van der Waals surface area contributed by atoms with Gasteiger partial charge in [-0.15, -0.1) is 0 Å². The van der Waals surface area contributed by atoms with Gasteiger partial charge < -0.3 is 5.32 Å². The second kappa shape index (κ2) is 6.38. The van der Waals surface area contributed by atoms with E-state index < -0.39 is 9.84 Å². The van der Waals surface area contributed by atoms with Crippen molar-refractivity contribution >= 4 is 9.84 Å². The first-order valence-electron chi connectivity index (χ1n) is 7.60. The first kappa shape index (κ1) is 14.3. The number of hydrogen-bond acceptors (Lipinski definition) is 3. The minimum Gasteiger partial charge on any atom is -0.314 e. The molecular formula is C14H27NO2S. The smallest absolute Gasteiger partial charge is 0.156 e. The molecular weight excluding hydrogens is 246 g/mol. The first-order valence-corrected chi connectivity index (χ1v) is 9.21. The molecule has 2 fully saturated rings. The van der Waals surface area contributed by atoms with Gasteiger partial charge in [0.15, 0.2) is 9.84 Å². The third-order valence-corrected chi connectivity index (χ3v) is 7.31. The summed E-state index contributed by atoms with van der Waals surface area (Å²) in [6, 6.07) is 0.438. The monoisotopic (exact) mass is 273 g/mol. The quantitative estimate of drug-likeness (QED) is 0.837. The summed E-state index contributed by atoms with van der Waals surface area (Å²) in [7, 11) is -2.86. The van der Waals surface area contributed by atoms with Gasteiger partial charge in [0.1, 0.15) is 0 Å². The summed E-state index contributed by atoms with van der Waals surface area (Å²) in [4.78, 5) is 0. The number of rotatable bonds is 5. The van der Waals surface area contributed by atoms with Crippen molar-refractivity contribution in [1.29, 1.82) is 0 Å². The summed E-state index contributed by atoms with van der Waals surface area (Å²) in [5.41, 5.74) is 0. The zero-order valence-corrected chi connectivity index (χ0v) is 12.3. The third kappa shape index (κ3) is 3.27. The maximum absolute atomic E-state index is 12.6. The highest BCUT2D eigenvalue weighted by atomic mass is 32.2.